The van der Waals surface area contributed by atoms with Crippen LogP contribution in [0.2, 0.25) is 0 Å². The third-order valence-corrected chi connectivity index (χ3v) is 5.32. The molecule has 30 heavy (non-hydrogen) atoms. The number of halogens is 1. The van der Waals surface area contributed by atoms with Gasteiger partial charge in [-0.2, -0.15) is 10.1 Å². The lowest BCUT2D eigenvalue weighted by Crippen LogP contribution is -2.37. The van der Waals surface area contributed by atoms with Gasteiger partial charge in [0.15, 0.2) is 17.1 Å². The van der Waals surface area contributed by atoms with Gasteiger partial charge in [-0.25, -0.2) is 18.4 Å². The second kappa shape index (κ2) is 7.13. The quantitative estimate of drug-likeness (QED) is 0.539. The van der Waals surface area contributed by atoms with Gasteiger partial charge in [-0.1, -0.05) is 0 Å². The van der Waals surface area contributed by atoms with Crippen molar-refractivity contribution in [3.05, 3.63) is 41.6 Å². The summed E-state index contributed by atoms with van der Waals surface area (Å²) >= 11 is 0. The van der Waals surface area contributed by atoms with E-state index in [-0.39, 0.29) is 23.4 Å². The van der Waals surface area contributed by atoms with Crippen molar-refractivity contribution in [2.75, 3.05) is 18.4 Å². The number of pyridine rings is 1. The second-order valence-electron chi connectivity index (χ2n) is 7.68. The maximum absolute atomic E-state index is 14.8. The highest BCUT2D eigenvalue weighted by Gasteiger charge is 2.22. The van der Waals surface area contributed by atoms with Crippen molar-refractivity contribution in [1.82, 2.24) is 34.5 Å². The Labute approximate surface area is 171 Å². The molecule has 0 radical (unpaired) electrons. The van der Waals surface area contributed by atoms with Crippen LogP contribution in [0.25, 0.3) is 22.6 Å². The van der Waals surface area contributed by atoms with E-state index in [1.54, 1.807) is 10.7 Å². The predicted molar refractivity (Wildman–Crippen MR) is 109 cm³/mol. The van der Waals surface area contributed by atoms with Gasteiger partial charge in [0.1, 0.15) is 0 Å². The summed E-state index contributed by atoms with van der Waals surface area (Å²) in [5.41, 5.74) is 3.74. The molecule has 154 valence electrons. The molecule has 0 saturated carbocycles. The van der Waals surface area contributed by atoms with Crippen LogP contribution in [0.4, 0.5) is 10.3 Å². The number of aryl methyl sites for hydroxylation is 2. The number of imidazole rings is 1. The Balaban J connectivity index is 1.48. The topological polar surface area (TPSA) is 102 Å². The van der Waals surface area contributed by atoms with Crippen LogP contribution in [0.5, 0.6) is 0 Å². The summed E-state index contributed by atoms with van der Waals surface area (Å²) in [6.45, 7) is 5.38. The predicted octanol–water partition coefficient (Wildman–Crippen LogP) is 2.13. The lowest BCUT2D eigenvalue weighted by Gasteiger charge is -2.20. The molecule has 10 heteroatoms. The van der Waals surface area contributed by atoms with E-state index in [2.05, 4.69) is 30.8 Å². The first-order chi connectivity index (χ1) is 14.5. The second-order valence-corrected chi connectivity index (χ2v) is 7.68. The summed E-state index contributed by atoms with van der Waals surface area (Å²) in [5.74, 6) is -0.743. The number of carbonyl (C=O) groups is 1. The van der Waals surface area contributed by atoms with Crippen LogP contribution in [0.1, 0.15) is 24.1 Å². The number of aromatic nitrogens is 6. The fourth-order valence-corrected chi connectivity index (χ4v) is 3.81. The standard InChI is InChI=1S/C20H21FN8O/c1-11-6-16(26-28-9-12(2)23-17(11)28)14-7-15(21)18-24-20(27-29(18)10-14)25-19(30)13-4-3-5-22-8-13/h6-7,9-10,13,22H,3-5,8H2,1-2H3,(H,25,27,30)/t13-/m1/s1. The van der Waals surface area contributed by atoms with E-state index in [1.165, 1.54) is 10.6 Å². The first-order valence-electron chi connectivity index (χ1n) is 9.89. The van der Waals surface area contributed by atoms with Crippen molar-refractivity contribution in [3.8, 4) is 11.3 Å². The van der Waals surface area contributed by atoms with E-state index in [4.69, 9.17) is 0 Å². The first kappa shape index (κ1) is 18.6. The molecule has 1 aliphatic heterocycles. The molecule has 1 saturated heterocycles. The smallest absolute Gasteiger partial charge is 0.249 e. The Bertz CT molecular complexity index is 1270. The van der Waals surface area contributed by atoms with Gasteiger partial charge in [0.25, 0.3) is 0 Å². The summed E-state index contributed by atoms with van der Waals surface area (Å²) in [4.78, 5) is 21.0. The minimum Gasteiger partial charge on any atom is -0.316 e. The summed E-state index contributed by atoms with van der Waals surface area (Å²) in [6.07, 6.45) is 5.23. The molecule has 0 aliphatic carbocycles. The molecular formula is C20H21FN8O. The molecule has 1 fully saturated rings. The summed E-state index contributed by atoms with van der Waals surface area (Å²) in [5, 5.41) is 14.7. The van der Waals surface area contributed by atoms with Crippen molar-refractivity contribution in [2.24, 2.45) is 5.92 Å². The maximum atomic E-state index is 14.8. The van der Waals surface area contributed by atoms with Gasteiger partial charge >= 0.3 is 0 Å². The molecule has 5 rings (SSSR count). The van der Waals surface area contributed by atoms with Crippen LogP contribution in [-0.4, -0.2) is 48.2 Å². The van der Waals surface area contributed by atoms with Crippen LogP contribution < -0.4 is 10.6 Å². The Kier molecular flexibility index (Phi) is 4.43. The van der Waals surface area contributed by atoms with E-state index in [0.717, 1.165) is 36.3 Å². The summed E-state index contributed by atoms with van der Waals surface area (Å²) < 4.78 is 17.8. The number of amides is 1. The van der Waals surface area contributed by atoms with Crippen molar-refractivity contribution >= 4 is 23.1 Å². The number of carbonyl (C=O) groups excluding carboxylic acids is 1. The highest BCUT2D eigenvalue weighted by atomic mass is 19.1. The van der Waals surface area contributed by atoms with Crippen LogP contribution in [0.15, 0.2) is 24.5 Å². The van der Waals surface area contributed by atoms with Crippen molar-refractivity contribution in [3.63, 3.8) is 0 Å². The number of nitrogens with zero attached hydrogens (tertiary/aromatic N) is 6. The fraction of sp³-hybridized carbons (Fsp3) is 0.350. The Hall–Kier alpha value is -3.40. The van der Waals surface area contributed by atoms with E-state index >= 15 is 0 Å². The minimum atomic E-state index is -0.541. The number of hydrogen-bond donors (Lipinski definition) is 2. The fourth-order valence-electron chi connectivity index (χ4n) is 3.81. The zero-order valence-corrected chi connectivity index (χ0v) is 16.7. The van der Waals surface area contributed by atoms with E-state index in [1.807, 2.05) is 26.1 Å². The van der Waals surface area contributed by atoms with Crippen molar-refractivity contribution in [1.29, 1.82) is 0 Å². The largest absolute Gasteiger partial charge is 0.316 e. The van der Waals surface area contributed by atoms with Gasteiger partial charge in [0.2, 0.25) is 11.9 Å². The average Bonchev–Trinajstić information content (AvgIpc) is 3.31. The van der Waals surface area contributed by atoms with E-state index < -0.39 is 5.82 Å². The normalized spacial score (nSPS) is 17.0. The molecular weight excluding hydrogens is 387 g/mol. The Morgan fingerprint density at radius 3 is 2.80 bits per heavy atom. The van der Waals surface area contributed by atoms with Crippen molar-refractivity contribution < 1.29 is 9.18 Å². The van der Waals surface area contributed by atoms with Gasteiger partial charge in [-0.3, -0.25) is 10.1 Å². The molecule has 9 nitrogen and oxygen atoms in total. The molecule has 1 amide bonds. The molecule has 0 bridgehead atoms. The number of rotatable bonds is 3. The molecule has 0 spiro atoms. The van der Waals surface area contributed by atoms with E-state index in [9.17, 15) is 9.18 Å². The Morgan fingerprint density at radius 2 is 2.00 bits per heavy atom. The average molecular weight is 408 g/mol. The zero-order chi connectivity index (χ0) is 20.8. The molecule has 1 aliphatic rings. The van der Waals surface area contributed by atoms with Gasteiger partial charge in [0, 0.05) is 18.3 Å². The van der Waals surface area contributed by atoms with Gasteiger partial charge in [-0.15, -0.1) is 5.10 Å². The molecule has 5 heterocycles. The number of fused-ring (bicyclic) bond motifs is 2. The molecule has 4 aromatic heterocycles. The van der Waals surface area contributed by atoms with Gasteiger partial charge in [-0.05, 0) is 50.9 Å². The first-order valence-corrected chi connectivity index (χ1v) is 9.89. The van der Waals surface area contributed by atoms with Crippen molar-refractivity contribution in [2.45, 2.75) is 26.7 Å². The number of piperidine rings is 1. The summed E-state index contributed by atoms with van der Waals surface area (Å²) in [7, 11) is 0. The van der Waals surface area contributed by atoms with Crippen LogP contribution in [-0.2, 0) is 4.79 Å². The number of hydrogen-bond acceptors (Lipinski definition) is 6. The van der Waals surface area contributed by atoms with Gasteiger partial charge < -0.3 is 5.32 Å². The van der Waals surface area contributed by atoms with E-state index in [0.29, 0.717) is 17.8 Å². The molecule has 4 aromatic rings. The molecule has 0 unspecified atom stereocenters. The molecule has 1 atom stereocenters. The highest BCUT2D eigenvalue weighted by Crippen LogP contribution is 2.23. The van der Waals surface area contributed by atoms with Crippen LogP contribution in [0, 0.1) is 25.6 Å². The minimum absolute atomic E-state index is 0.0482. The van der Waals surface area contributed by atoms with Gasteiger partial charge in [0.05, 0.1) is 23.5 Å². The monoisotopic (exact) mass is 408 g/mol. The third kappa shape index (κ3) is 3.28. The summed E-state index contributed by atoms with van der Waals surface area (Å²) in [6, 6.07) is 3.23. The number of nitrogens with one attached hydrogen (secondary N) is 2. The lowest BCUT2D eigenvalue weighted by molar-refractivity contribution is -0.120. The Morgan fingerprint density at radius 1 is 1.17 bits per heavy atom. The number of anilines is 1. The van der Waals surface area contributed by atoms with Crippen LogP contribution in [0.3, 0.4) is 0 Å². The molecule has 0 aromatic carbocycles. The highest BCUT2D eigenvalue weighted by molar-refractivity contribution is 5.91. The van der Waals surface area contributed by atoms with Crippen LogP contribution >= 0.6 is 0 Å². The SMILES string of the molecule is Cc1cn2nc(-c3cc(F)c4nc(NC(=O)[C@@H]5CCCNC5)nn4c3)cc(C)c2n1. The molecule has 2 N–H and O–H groups in total. The third-order valence-electron chi connectivity index (χ3n) is 5.32. The zero-order valence-electron chi connectivity index (χ0n) is 16.7. The lowest BCUT2D eigenvalue weighted by atomic mass is 9.99. The maximum Gasteiger partial charge on any atom is 0.249 e.